The highest BCUT2D eigenvalue weighted by Crippen LogP contribution is 2.30. The van der Waals surface area contributed by atoms with E-state index in [4.69, 9.17) is 8.22 Å². The van der Waals surface area contributed by atoms with Gasteiger partial charge in [-0.1, -0.05) is 18.1 Å². The molecule has 0 aliphatic rings. The van der Waals surface area contributed by atoms with Gasteiger partial charge >= 0.3 is 15.6 Å². The maximum Gasteiger partial charge on any atom is 0.534 e. The minimum atomic E-state index is -6.20. The quantitative estimate of drug-likeness (QED) is 0.627. The molecule has 0 saturated carbocycles. The third kappa shape index (κ3) is 2.23. The minimum Gasteiger partial charge on any atom is -0.374 e. The fourth-order valence-corrected chi connectivity index (χ4v) is 1.41. The lowest BCUT2D eigenvalue weighted by atomic mass is 10.2. The Morgan fingerprint density at radius 1 is 1.22 bits per heavy atom. The van der Waals surface area contributed by atoms with Gasteiger partial charge in [0.25, 0.3) is 0 Å². The molecule has 0 N–H and O–H groups in total. The average molecular weight is 283 g/mol. The van der Waals surface area contributed by atoms with E-state index in [0.29, 0.717) is 0 Å². The standard InChI is InChI=1S/C10H6F3NO3S/c11-10(12,13)18(15,16)17-8-5-1-3-7-4-2-6-14-9(7)8/h1-6H/i1D,2D,3D,4D,5D,6D. The van der Waals surface area contributed by atoms with Gasteiger partial charge < -0.3 is 4.18 Å². The van der Waals surface area contributed by atoms with Gasteiger partial charge in [-0.15, -0.1) is 0 Å². The predicted octanol–water partition coefficient (Wildman–Crippen LogP) is 2.46. The first-order valence-electron chi connectivity index (χ1n) is 7.17. The zero-order valence-electron chi connectivity index (χ0n) is 14.2. The summed E-state index contributed by atoms with van der Waals surface area (Å²) in [5.41, 5.74) is -6.68. The van der Waals surface area contributed by atoms with Gasteiger partial charge in [0.05, 0.1) is 8.22 Å². The van der Waals surface area contributed by atoms with Gasteiger partial charge in [0.15, 0.2) is 5.75 Å². The number of benzene rings is 1. The van der Waals surface area contributed by atoms with E-state index < -0.39 is 68.7 Å². The normalized spacial score (nSPS) is 17.3. The molecule has 0 aliphatic heterocycles. The molecule has 4 nitrogen and oxygen atoms in total. The molecule has 1 aromatic carbocycles. The lowest BCUT2D eigenvalue weighted by Crippen LogP contribution is -2.28. The van der Waals surface area contributed by atoms with E-state index in [9.17, 15) is 21.6 Å². The van der Waals surface area contributed by atoms with Crippen molar-refractivity contribution in [1.29, 1.82) is 0 Å². The maximum atomic E-state index is 12.5. The molecule has 0 unspecified atom stereocenters. The van der Waals surface area contributed by atoms with Crippen LogP contribution in [0.1, 0.15) is 8.22 Å². The van der Waals surface area contributed by atoms with Crippen molar-refractivity contribution in [2.24, 2.45) is 0 Å². The van der Waals surface area contributed by atoms with Crippen LogP contribution in [0.2, 0.25) is 0 Å². The highest BCUT2D eigenvalue weighted by Gasteiger charge is 2.48. The molecule has 0 aliphatic carbocycles. The van der Waals surface area contributed by atoms with Gasteiger partial charge in [0.1, 0.15) is 5.52 Å². The lowest BCUT2D eigenvalue weighted by Gasteiger charge is -2.10. The highest BCUT2D eigenvalue weighted by molar-refractivity contribution is 7.88. The van der Waals surface area contributed by atoms with Crippen LogP contribution in [0.25, 0.3) is 10.9 Å². The smallest absolute Gasteiger partial charge is 0.374 e. The van der Waals surface area contributed by atoms with Gasteiger partial charge in [-0.05, 0) is 12.1 Å². The van der Waals surface area contributed by atoms with Gasteiger partial charge in [-0.2, -0.15) is 21.6 Å². The molecular weight excluding hydrogens is 271 g/mol. The molecule has 18 heavy (non-hydrogen) atoms. The Bertz CT molecular complexity index is 955. The largest absolute Gasteiger partial charge is 0.534 e. The first kappa shape index (κ1) is 6.93. The summed E-state index contributed by atoms with van der Waals surface area (Å²) < 4.78 is 109. The summed E-state index contributed by atoms with van der Waals surface area (Å²) in [4.78, 5) is 3.34. The highest BCUT2D eigenvalue weighted by atomic mass is 32.2. The van der Waals surface area contributed by atoms with Crippen LogP contribution in [0, 0.1) is 0 Å². The van der Waals surface area contributed by atoms with E-state index in [0.717, 1.165) is 0 Å². The minimum absolute atomic E-state index is 0.663. The Kier molecular flexibility index (Phi) is 1.59. The molecule has 1 heterocycles. The second kappa shape index (κ2) is 4.13. The summed E-state index contributed by atoms with van der Waals surface area (Å²) in [7, 11) is -6.20. The van der Waals surface area contributed by atoms with Crippen LogP contribution in [-0.4, -0.2) is 18.9 Å². The number of rotatable bonds is 2. The zero-order valence-corrected chi connectivity index (χ0v) is 9.03. The Hall–Kier alpha value is -1.83. The average Bonchev–Trinajstić information content (AvgIpc) is 2.45. The van der Waals surface area contributed by atoms with Gasteiger partial charge in [-0.3, -0.25) is 4.98 Å². The zero-order chi connectivity index (χ0) is 18.6. The molecule has 0 saturated heterocycles. The van der Waals surface area contributed by atoms with Crippen LogP contribution in [0.4, 0.5) is 13.2 Å². The molecule has 2 rings (SSSR count). The Balaban J connectivity index is 2.94. The van der Waals surface area contributed by atoms with Gasteiger partial charge in [0, 0.05) is 11.6 Å². The van der Waals surface area contributed by atoms with Crippen molar-refractivity contribution in [3.05, 3.63) is 36.4 Å². The van der Waals surface area contributed by atoms with Crippen LogP contribution in [-0.2, 0) is 10.1 Å². The topological polar surface area (TPSA) is 56.3 Å². The van der Waals surface area contributed by atoms with Crippen LogP contribution < -0.4 is 4.18 Å². The fourth-order valence-electron chi connectivity index (χ4n) is 0.971. The van der Waals surface area contributed by atoms with Crippen molar-refractivity contribution in [3.63, 3.8) is 0 Å². The van der Waals surface area contributed by atoms with Crippen molar-refractivity contribution >= 4 is 21.0 Å². The van der Waals surface area contributed by atoms with E-state index in [2.05, 4.69) is 9.17 Å². The Labute approximate surface area is 109 Å². The van der Waals surface area contributed by atoms with E-state index in [-0.39, 0.29) is 0 Å². The molecule has 96 valence electrons. The summed E-state index contributed by atoms with van der Waals surface area (Å²) >= 11 is 0. The molecule has 0 fully saturated rings. The summed E-state index contributed by atoms with van der Waals surface area (Å²) in [6, 6.07) is -4.61. The number of halogens is 3. The lowest BCUT2D eigenvalue weighted by molar-refractivity contribution is -0.0499. The molecule has 0 bridgehead atoms. The molecule has 1 aromatic heterocycles. The number of para-hydroxylation sites is 1. The predicted molar refractivity (Wildman–Crippen MR) is 57.3 cm³/mol. The van der Waals surface area contributed by atoms with Crippen LogP contribution in [0.5, 0.6) is 5.75 Å². The first-order chi connectivity index (χ1) is 10.8. The maximum absolute atomic E-state index is 12.5. The third-order valence-electron chi connectivity index (χ3n) is 1.70. The summed E-state index contributed by atoms with van der Waals surface area (Å²) in [5.74, 6) is -1.33. The van der Waals surface area contributed by atoms with Gasteiger partial charge in [-0.25, -0.2) is 0 Å². The molecular formula is C10H6F3NO3S. The summed E-state index contributed by atoms with van der Waals surface area (Å²) in [6.07, 6.45) is -0.890. The van der Waals surface area contributed by atoms with Crippen LogP contribution in [0.3, 0.4) is 0 Å². The number of aromatic nitrogens is 1. The Morgan fingerprint density at radius 2 is 1.89 bits per heavy atom. The van der Waals surface area contributed by atoms with Crippen LogP contribution in [0.15, 0.2) is 36.4 Å². The van der Waals surface area contributed by atoms with E-state index >= 15 is 0 Å². The number of pyridine rings is 1. The molecule has 8 heteroatoms. The third-order valence-corrected chi connectivity index (χ3v) is 2.66. The van der Waals surface area contributed by atoms with Crippen molar-refractivity contribution in [3.8, 4) is 5.75 Å². The van der Waals surface area contributed by atoms with Crippen molar-refractivity contribution in [1.82, 2.24) is 4.98 Å². The van der Waals surface area contributed by atoms with E-state index in [1.165, 1.54) is 0 Å². The van der Waals surface area contributed by atoms with Crippen LogP contribution >= 0.6 is 0 Å². The number of hydrogen-bond acceptors (Lipinski definition) is 4. The second-order valence-electron chi connectivity index (χ2n) is 2.88. The fraction of sp³-hybridized carbons (Fsp3) is 0.100. The summed E-state index contributed by atoms with van der Waals surface area (Å²) in [5, 5.41) is -0.663. The summed E-state index contributed by atoms with van der Waals surface area (Å²) in [6.45, 7) is 0. The van der Waals surface area contributed by atoms with Crippen molar-refractivity contribution in [2.45, 2.75) is 5.51 Å². The van der Waals surface area contributed by atoms with Crippen molar-refractivity contribution < 1.29 is 34.0 Å². The first-order valence-corrected chi connectivity index (χ1v) is 5.58. The van der Waals surface area contributed by atoms with Crippen molar-refractivity contribution in [2.75, 3.05) is 0 Å². The number of nitrogens with zero attached hydrogens (tertiary/aromatic N) is 1. The SMILES string of the molecule is [2H]c1nc2c(OS(=O)(=O)C(F)(F)F)c([2H])c([2H])c([2H])c2c([2H])c1[2H]. The molecule has 0 amide bonds. The molecule has 0 spiro atoms. The Morgan fingerprint density at radius 3 is 2.56 bits per heavy atom. The molecule has 0 radical (unpaired) electrons. The number of hydrogen-bond donors (Lipinski definition) is 0. The number of fused-ring (bicyclic) bond motifs is 1. The van der Waals surface area contributed by atoms with E-state index in [1.54, 1.807) is 0 Å². The monoisotopic (exact) mass is 283 g/mol. The molecule has 2 aromatic rings. The molecule has 0 atom stereocenters. The van der Waals surface area contributed by atoms with Gasteiger partial charge in [0.2, 0.25) is 0 Å². The number of alkyl halides is 3. The van der Waals surface area contributed by atoms with E-state index in [1.807, 2.05) is 0 Å². The second-order valence-corrected chi connectivity index (χ2v) is 4.42.